The number of aryl methyl sites for hydroxylation is 2. The van der Waals surface area contributed by atoms with E-state index in [0.717, 1.165) is 12.1 Å². The van der Waals surface area contributed by atoms with Gasteiger partial charge in [-0.05, 0) is 37.6 Å². The molecule has 7 heteroatoms. The van der Waals surface area contributed by atoms with Crippen LogP contribution in [0.4, 0.5) is 13.2 Å². The predicted molar refractivity (Wildman–Crippen MR) is 79.3 cm³/mol. The lowest BCUT2D eigenvalue weighted by atomic mass is 10.1. The number of alkyl halides is 3. The Balaban J connectivity index is 2.05. The summed E-state index contributed by atoms with van der Waals surface area (Å²) in [5, 5.41) is 0. The molecule has 122 valence electrons. The first-order valence-electron chi connectivity index (χ1n) is 6.68. The van der Waals surface area contributed by atoms with Crippen molar-refractivity contribution in [1.29, 1.82) is 0 Å². The highest BCUT2D eigenvalue weighted by molar-refractivity contribution is 5.95. The second-order valence-electron chi connectivity index (χ2n) is 4.96. The van der Waals surface area contributed by atoms with Crippen molar-refractivity contribution in [2.75, 3.05) is 0 Å². The fourth-order valence-electron chi connectivity index (χ4n) is 2.01. The van der Waals surface area contributed by atoms with Gasteiger partial charge in [0, 0.05) is 0 Å². The first kappa shape index (κ1) is 16.7. The van der Waals surface area contributed by atoms with Gasteiger partial charge in [-0.2, -0.15) is 13.2 Å². The molecular weight excluding hydrogens is 309 g/mol. The lowest BCUT2D eigenvalue weighted by Crippen LogP contribution is -2.36. The van der Waals surface area contributed by atoms with Crippen LogP contribution in [0.3, 0.4) is 0 Å². The molecule has 2 aromatic rings. The van der Waals surface area contributed by atoms with E-state index in [4.69, 9.17) is 4.42 Å². The van der Waals surface area contributed by atoms with Crippen LogP contribution in [0.1, 0.15) is 33.0 Å². The third-order valence-corrected chi connectivity index (χ3v) is 3.15. The molecule has 2 N–H and O–H groups in total. The Bertz CT molecular complexity index is 748. The molecule has 0 aliphatic carbocycles. The summed E-state index contributed by atoms with van der Waals surface area (Å²) in [4.78, 5) is 12.0. The molecule has 0 bridgehead atoms. The van der Waals surface area contributed by atoms with Crippen LogP contribution in [0.25, 0.3) is 5.70 Å². The van der Waals surface area contributed by atoms with Crippen LogP contribution in [-0.4, -0.2) is 5.91 Å². The Morgan fingerprint density at radius 2 is 1.87 bits per heavy atom. The van der Waals surface area contributed by atoms with Crippen molar-refractivity contribution in [2.45, 2.75) is 20.0 Å². The molecular formula is C16H15F3N2O2. The van der Waals surface area contributed by atoms with Gasteiger partial charge in [-0.25, -0.2) is 0 Å². The lowest BCUT2D eigenvalue weighted by Gasteiger charge is -2.13. The number of halogens is 3. The zero-order chi connectivity index (χ0) is 17.2. The number of hydrazine groups is 1. The molecule has 0 atom stereocenters. The van der Waals surface area contributed by atoms with Crippen molar-refractivity contribution in [3.63, 3.8) is 0 Å². The molecule has 0 fully saturated rings. The van der Waals surface area contributed by atoms with Crippen LogP contribution >= 0.6 is 0 Å². The minimum absolute atomic E-state index is 0.141. The Hall–Kier alpha value is -2.70. The number of hydrogen-bond acceptors (Lipinski definition) is 3. The maximum Gasteiger partial charge on any atom is 0.416 e. The van der Waals surface area contributed by atoms with E-state index in [1.165, 1.54) is 12.1 Å². The lowest BCUT2D eigenvalue weighted by molar-refractivity contribution is -0.137. The van der Waals surface area contributed by atoms with Gasteiger partial charge in [-0.15, -0.1) is 0 Å². The van der Waals surface area contributed by atoms with E-state index in [-0.39, 0.29) is 11.3 Å². The van der Waals surface area contributed by atoms with E-state index in [9.17, 15) is 18.0 Å². The first-order chi connectivity index (χ1) is 10.7. The van der Waals surface area contributed by atoms with E-state index in [0.29, 0.717) is 17.1 Å². The largest absolute Gasteiger partial charge is 0.466 e. The van der Waals surface area contributed by atoms with Crippen molar-refractivity contribution in [3.05, 3.63) is 65.1 Å². The van der Waals surface area contributed by atoms with Gasteiger partial charge in [0.1, 0.15) is 11.5 Å². The molecule has 0 saturated heterocycles. The Morgan fingerprint density at radius 1 is 1.17 bits per heavy atom. The van der Waals surface area contributed by atoms with Gasteiger partial charge >= 0.3 is 6.18 Å². The molecule has 2 rings (SSSR count). The predicted octanol–water partition coefficient (Wildman–Crippen LogP) is 3.82. The summed E-state index contributed by atoms with van der Waals surface area (Å²) >= 11 is 0. The number of carbonyl (C=O) groups is 1. The normalized spacial score (nSPS) is 11.2. The standard InChI is InChI=1S/C16H15F3N2O2/c1-9-7-14(11(3)23-9)15(22)21-20-10(2)12-5-4-6-13(8-12)16(17,18)19/h4-8,20H,2H2,1,3H3,(H,21,22). The second kappa shape index (κ2) is 6.20. The average molecular weight is 324 g/mol. The summed E-state index contributed by atoms with van der Waals surface area (Å²) in [5.74, 6) is 0.573. The SMILES string of the molecule is C=C(NNC(=O)c1cc(C)oc1C)c1cccc(C(F)(F)F)c1. The molecule has 0 aliphatic rings. The van der Waals surface area contributed by atoms with Gasteiger partial charge in [-0.3, -0.25) is 15.6 Å². The summed E-state index contributed by atoms with van der Waals surface area (Å²) in [5.41, 5.74) is 4.81. The number of carbonyl (C=O) groups excluding carboxylic acids is 1. The molecule has 4 nitrogen and oxygen atoms in total. The van der Waals surface area contributed by atoms with Crippen molar-refractivity contribution in [1.82, 2.24) is 10.9 Å². The zero-order valence-electron chi connectivity index (χ0n) is 12.5. The molecule has 0 saturated carbocycles. The van der Waals surface area contributed by atoms with Crippen LogP contribution in [0, 0.1) is 13.8 Å². The van der Waals surface area contributed by atoms with Crippen LogP contribution < -0.4 is 10.9 Å². The fraction of sp³-hybridized carbons (Fsp3) is 0.188. The van der Waals surface area contributed by atoms with Crippen molar-refractivity contribution in [3.8, 4) is 0 Å². The highest BCUT2D eigenvalue weighted by Crippen LogP contribution is 2.30. The number of furan rings is 1. The summed E-state index contributed by atoms with van der Waals surface area (Å²) in [7, 11) is 0. The van der Waals surface area contributed by atoms with E-state index in [1.807, 2.05) is 0 Å². The van der Waals surface area contributed by atoms with Gasteiger partial charge in [0.15, 0.2) is 0 Å². The molecule has 1 heterocycles. The molecule has 1 aromatic carbocycles. The topological polar surface area (TPSA) is 54.3 Å². The van der Waals surface area contributed by atoms with E-state index < -0.39 is 17.6 Å². The average Bonchev–Trinajstić information content (AvgIpc) is 2.82. The maximum atomic E-state index is 12.7. The van der Waals surface area contributed by atoms with Gasteiger partial charge in [0.25, 0.3) is 5.91 Å². The molecule has 1 amide bonds. The van der Waals surface area contributed by atoms with Gasteiger partial charge in [0.05, 0.1) is 16.8 Å². The monoisotopic (exact) mass is 324 g/mol. The molecule has 0 radical (unpaired) electrons. The Kier molecular flexibility index (Phi) is 4.49. The zero-order valence-corrected chi connectivity index (χ0v) is 12.5. The fourth-order valence-corrected chi connectivity index (χ4v) is 2.01. The minimum atomic E-state index is -4.44. The third kappa shape index (κ3) is 3.94. The number of hydrogen-bond donors (Lipinski definition) is 2. The third-order valence-electron chi connectivity index (χ3n) is 3.15. The van der Waals surface area contributed by atoms with Crippen LogP contribution in [-0.2, 0) is 6.18 Å². The summed E-state index contributed by atoms with van der Waals surface area (Å²) in [6.07, 6.45) is -4.44. The summed E-state index contributed by atoms with van der Waals surface area (Å²) in [6.45, 7) is 6.97. The van der Waals surface area contributed by atoms with Crippen LogP contribution in [0.15, 0.2) is 41.3 Å². The van der Waals surface area contributed by atoms with Crippen molar-refractivity contribution in [2.24, 2.45) is 0 Å². The highest BCUT2D eigenvalue weighted by atomic mass is 19.4. The van der Waals surface area contributed by atoms with E-state index in [2.05, 4.69) is 17.4 Å². The minimum Gasteiger partial charge on any atom is -0.466 e. The first-order valence-corrected chi connectivity index (χ1v) is 6.68. The van der Waals surface area contributed by atoms with E-state index in [1.54, 1.807) is 19.9 Å². The smallest absolute Gasteiger partial charge is 0.416 e. The number of rotatable bonds is 4. The van der Waals surface area contributed by atoms with Crippen molar-refractivity contribution < 1.29 is 22.4 Å². The molecule has 1 aromatic heterocycles. The Labute approximate surface area is 131 Å². The summed E-state index contributed by atoms with van der Waals surface area (Å²) < 4.78 is 43.3. The van der Waals surface area contributed by atoms with Crippen molar-refractivity contribution >= 4 is 11.6 Å². The second-order valence-corrected chi connectivity index (χ2v) is 4.96. The summed E-state index contributed by atoms with van der Waals surface area (Å²) in [6, 6.07) is 6.22. The number of amides is 1. The Morgan fingerprint density at radius 3 is 2.43 bits per heavy atom. The van der Waals surface area contributed by atoms with Crippen LogP contribution in [0.5, 0.6) is 0 Å². The quantitative estimate of drug-likeness (QED) is 0.841. The van der Waals surface area contributed by atoms with Gasteiger partial charge in [0.2, 0.25) is 0 Å². The molecule has 0 aliphatic heterocycles. The number of benzene rings is 1. The highest BCUT2D eigenvalue weighted by Gasteiger charge is 2.30. The van der Waals surface area contributed by atoms with Crippen LogP contribution in [0.2, 0.25) is 0 Å². The molecule has 0 unspecified atom stereocenters. The van der Waals surface area contributed by atoms with Gasteiger partial charge < -0.3 is 4.42 Å². The molecule has 0 spiro atoms. The van der Waals surface area contributed by atoms with Gasteiger partial charge in [-0.1, -0.05) is 18.7 Å². The maximum absolute atomic E-state index is 12.7. The van der Waals surface area contributed by atoms with E-state index >= 15 is 0 Å². The molecule has 23 heavy (non-hydrogen) atoms. The number of nitrogens with one attached hydrogen (secondary N) is 2.